The number of nitrogens with zero attached hydrogens (tertiary/aromatic N) is 2. The second-order valence-electron chi connectivity index (χ2n) is 7.33. The van der Waals surface area contributed by atoms with Crippen LogP contribution in [0.3, 0.4) is 0 Å². The van der Waals surface area contributed by atoms with Crippen LogP contribution in [0.2, 0.25) is 0 Å². The maximum atomic E-state index is 11.7. The molecular formula is C23H28N2O3. The van der Waals surface area contributed by atoms with Crippen molar-refractivity contribution in [3.05, 3.63) is 71.1 Å². The molecule has 1 unspecified atom stereocenters. The molecule has 1 N–H and O–H groups in total. The Hall–Kier alpha value is -2.50. The largest absolute Gasteiger partial charge is 0.466 e. The van der Waals surface area contributed by atoms with E-state index in [4.69, 9.17) is 0 Å². The van der Waals surface area contributed by atoms with Crippen LogP contribution in [-0.4, -0.2) is 47.7 Å². The number of carbonyl (C=O) groups is 1. The van der Waals surface area contributed by atoms with E-state index >= 15 is 0 Å². The lowest BCUT2D eigenvalue weighted by Gasteiger charge is -2.30. The maximum Gasteiger partial charge on any atom is 0.330 e. The summed E-state index contributed by atoms with van der Waals surface area (Å²) in [6.07, 6.45) is 5.93. The molecule has 1 fully saturated rings. The zero-order valence-electron chi connectivity index (χ0n) is 16.6. The number of aryl methyl sites for hydroxylation is 1. The molecule has 1 atom stereocenters. The van der Waals surface area contributed by atoms with Crippen LogP contribution >= 0.6 is 0 Å². The lowest BCUT2D eigenvalue weighted by atomic mass is 9.86. The molecule has 1 aromatic heterocycles. The van der Waals surface area contributed by atoms with Crippen LogP contribution in [0.1, 0.15) is 41.8 Å². The smallest absolute Gasteiger partial charge is 0.330 e. The topological polar surface area (TPSA) is 62.7 Å². The number of methoxy groups -OCH3 is 1. The third-order valence-electron chi connectivity index (χ3n) is 5.30. The SMILES string of the molecule is COC(=O)C=Cc1cccc(C(O)(CCN2CCCC2)c2ccc(C)cc2)n1. The van der Waals surface area contributed by atoms with E-state index in [1.54, 1.807) is 12.1 Å². The molecule has 0 saturated carbocycles. The van der Waals surface area contributed by atoms with Gasteiger partial charge in [-0.1, -0.05) is 35.9 Å². The molecule has 1 aliphatic rings. The zero-order chi connectivity index (χ0) is 20.0. The number of ether oxygens (including phenoxy) is 1. The fourth-order valence-electron chi connectivity index (χ4n) is 3.57. The van der Waals surface area contributed by atoms with Crippen LogP contribution in [0, 0.1) is 6.92 Å². The number of carbonyl (C=O) groups excluding carboxylic acids is 1. The highest BCUT2D eigenvalue weighted by Gasteiger charge is 2.33. The summed E-state index contributed by atoms with van der Waals surface area (Å²) in [6.45, 7) is 5.01. The van der Waals surface area contributed by atoms with Crippen LogP contribution in [-0.2, 0) is 15.1 Å². The number of hydrogen-bond donors (Lipinski definition) is 1. The van der Waals surface area contributed by atoms with Gasteiger partial charge in [0.25, 0.3) is 0 Å². The van der Waals surface area contributed by atoms with E-state index in [2.05, 4.69) is 14.6 Å². The Bertz CT molecular complexity index is 826. The molecule has 148 valence electrons. The second-order valence-corrected chi connectivity index (χ2v) is 7.33. The summed E-state index contributed by atoms with van der Waals surface area (Å²) < 4.78 is 4.64. The Morgan fingerprint density at radius 2 is 1.93 bits per heavy atom. The van der Waals surface area contributed by atoms with Gasteiger partial charge in [-0.05, 0) is 63.0 Å². The number of pyridine rings is 1. The predicted molar refractivity (Wildman–Crippen MR) is 110 cm³/mol. The van der Waals surface area contributed by atoms with Gasteiger partial charge < -0.3 is 14.7 Å². The van der Waals surface area contributed by atoms with Crippen molar-refractivity contribution in [2.75, 3.05) is 26.7 Å². The number of esters is 1. The van der Waals surface area contributed by atoms with Crippen LogP contribution in [0.4, 0.5) is 0 Å². The van der Waals surface area contributed by atoms with Crippen LogP contribution in [0.15, 0.2) is 48.5 Å². The molecule has 0 aliphatic carbocycles. The number of benzene rings is 1. The van der Waals surface area contributed by atoms with Crippen LogP contribution in [0.5, 0.6) is 0 Å². The van der Waals surface area contributed by atoms with Crippen molar-refractivity contribution in [2.45, 2.75) is 31.8 Å². The van der Waals surface area contributed by atoms with Gasteiger partial charge in [0.05, 0.1) is 18.5 Å². The molecule has 0 bridgehead atoms. The van der Waals surface area contributed by atoms with Gasteiger partial charge in [0, 0.05) is 12.6 Å². The van der Waals surface area contributed by atoms with E-state index in [1.807, 2.05) is 43.3 Å². The lowest BCUT2D eigenvalue weighted by molar-refractivity contribution is -0.134. The fraction of sp³-hybridized carbons (Fsp3) is 0.391. The molecule has 1 aromatic carbocycles. The first-order valence-corrected chi connectivity index (χ1v) is 9.77. The third-order valence-corrected chi connectivity index (χ3v) is 5.30. The minimum absolute atomic E-state index is 0.435. The average molecular weight is 380 g/mol. The number of likely N-dealkylation sites (tertiary alicyclic amines) is 1. The van der Waals surface area contributed by atoms with Gasteiger partial charge in [0.2, 0.25) is 0 Å². The van der Waals surface area contributed by atoms with Gasteiger partial charge in [-0.3, -0.25) is 4.98 Å². The molecule has 28 heavy (non-hydrogen) atoms. The van der Waals surface area contributed by atoms with E-state index in [1.165, 1.54) is 26.0 Å². The molecule has 2 aromatic rings. The van der Waals surface area contributed by atoms with Crippen molar-refractivity contribution in [2.24, 2.45) is 0 Å². The van der Waals surface area contributed by atoms with E-state index in [0.717, 1.165) is 30.8 Å². The Labute approximate surface area is 166 Å². The van der Waals surface area contributed by atoms with Gasteiger partial charge in [-0.2, -0.15) is 0 Å². The summed E-state index contributed by atoms with van der Waals surface area (Å²) in [6, 6.07) is 13.5. The lowest BCUT2D eigenvalue weighted by Crippen LogP contribution is -2.34. The van der Waals surface area contributed by atoms with Gasteiger partial charge in [-0.15, -0.1) is 0 Å². The number of hydrogen-bond acceptors (Lipinski definition) is 5. The zero-order valence-corrected chi connectivity index (χ0v) is 16.6. The van der Waals surface area contributed by atoms with Gasteiger partial charge in [-0.25, -0.2) is 4.79 Å². The molecule has 1 saturated heterocycles. The average Bonchev–Trinajstić information content (AvgIpc) is 3.24. The minimum Gasteiger partial charge on any atom is -0.466 e. The third kappa shape index (κ3) is 4.86. The van der Waals surface area contributed by atoms with E-state index in [9.17, 15) is 9.90 Å². The molecule has 1 aliphatic heterocycles. The normalized spacial score (nSPS) is 17.0. The van der Waals surface area contributed by atoms with E-state index < -0.39 is 11.6 Å². The summed E-state index contributed by atoms with van der Waals surface area (Å²) in [4.78, 5) is 18.4. The molecule has 0 amide bonds. The minimum atomic E-state index is -1.19. The Kier molecular flexibility index (Phi) is 6.60. The quantitative estimate of drug-likeness (QED) is 0.590. The van der Waals surface area contributed by atoms with Crippen LogP contribution < -0.4 is 0 Å². The van der Waals surface area contributed by atoms with Crippen molar-refractivity contribution in [1.29, 1.82) is 0 Å². The summed E-state index contributed by atoms with van der Waals surface area (Å²) in [5.74, 6) is -0.435. The summed E-state index contributed by atoms with van der Waals surface area (Å²) in [7, 11) is 1.34. The summed E-state index contributed by atoms with van der Waals surface area (Å²) >= 11 is 0. The predicted octanol–water partition coefficient (Wildman–Crippen LogP) is 3.30. The maximum absolute atomic E-state index is 11.7. The number of aliphatic hydroxyl groups is 1. The van der Waals surface area contributed by atoms with Gasteiger partial charge in [0.15, 0.2) is 0 Å². The first-order valence-electron chi connectivity index (χ1n) is 9.77. The first kappa shape index (κ1) is 20.2. The molecule has 3 rings (SSSR count). The molecule has 5 heteroatoms. The Morgan fingerprint density at radius 1 is 1.21 bits per heavy atom. The van der Waals surface area contributed by atoms with Crippen LogP contribution in [0.25, 0.3) is 6.08 Å². The standard InChI is InChI=1S/C23H28N2O3/c1-18-8-10-19(11-9-18)23(27,14-17-25-15-3-4-16-25)21-7-5-6-20(24-21)12-13-22(26)28-2/h5-13,27H,3-4,14-17H2,1-2H3. The molecule has 2 heterocycles. The Balaban J connectivity index is 1.92. The van der Waals surface area contributed by atoms with E-state index in [0.29, 0.717) is 17.8 Å². The summed E-state index contributed by atoms with van der Waals surface area (Å²) in [5, 5.41) is 11.7. The highest BCUT2D eigenvalue weighted by Crippen LogP contribution is 2.33. The van der Waals surface area contributed by atoms with Crippen molar-refractivity contribution in [3.8, 4) is 0 Å². The fourth-order valence-corrected chi connectivity index (χ4v) is 3.57. The molecular weight excluding hydrogens is 352 g/mol. The Morgan fingerprint density at radius 3 is 2.61 bits per heavy atom. The number of rotatable bonds is 7. The van der Waals surface area contributed by atoms with E-state index in [-0.39, 0.29) is 0 Å². The highest BCUT2D eigenvalue weighted by molar-refractivity contribution is 5.86. The summed E-state index contributed by atoms with van der Waals surface area (Å²) in [5.41, 5.74) is 1.98. The van der Waals surface area contributed by atoms with Crippen molar-refractivity contribution in [1.82, 2.24) is 9.88 Å². The highest BCUT2D eigenvalue weighted by atomic mass is 16.5. The van der Waals surface area contributed by atoms with Gasteiger partial charge in [0.1, 0.15) is 5.60 Å². The molecule has 0 radical (unpaired) electrons. The first-order chi connectivity index (χ1) is 13.5. The number of aromatic nitrogens is 1. The second kappa shape index (κ2) is 9.13. The van der Waals surface area contributed by atoms with Crippen molar-refractivity contribution >= 4 is 12.0 Å². The molecule has 5 nitrogen and oxygen atoms in total. The van der Waals surface area contributed by atoms with Crippen molar-refractivity contribution < 1.29 is 14.6 Å². The monoisotopic (exact) mass is 380 g/mol. The van der Waals surface area contributed by atoms with Crippen molar-refractivity contribution in [3.63, 3.8) is 0 Å². The van der Waals surface area contributed by atoms with Gasteiger partial charge >= 0.3 is 5.97 Å². The molecule has 0 spiro atoms.